The molecular weight excluding hydrogens is 813 g/mol. The minimum atomic E-state index is -4.02. The summed E-state index contributed by atoms with van der Waals surface area (Å²) < 4.78 is 29.1. The van der Waals surface area contributed by atoms with Crippen molar-refractivity contribution in [1.82, 2.24) is 9.29 Å². The smallest absolute Gasteiger partial charge is 0.550 e. The quantitative estimate of drug-likeness (QED) is 0.135. The van der Waals surface area contributed by atoms with Gasteiger partial charge in [-0.05, 0) is 123 Å². The zero-order chi connectivity index (χ0) is 39.8. The summed E-state index contributed by atoms with van der Waals surface area (Å²) in [5.41, 5.74) is 3.69. The van der Waals surface area contributed by atoms with Crippen molar-refractivity contribution in [3.8, 4) is 0 Å². The van der Waals surface area contributed by atoms with E-state index in [2.05, 4.69) is 20.5 Å². The monoisotopic (exact) mass is 857 g/mol. The molecule has 58 heavy (non-hydrogen) atoms. The number of carboxylic acid groups (broad SMARTS) is 2. The van der Waals surface area contributed by atoms with Gasteiger partial charge in [-0.25, -0.2) is 8.42 Å². The number of rotatable bonds is 14. The van der Waals surface area contributed by atoms with Gasteiger partial charge in [-0.2, -0.15) is 4.31 Å². The summed E-state index contributed by atoms with van der Waals surface area (Å²) >= 11 is 0. The second kappa shape index (κ2) is 22.5. The average molecular weight is 858 g/mol. The molecule has 4 aromatic rings. The van der Waals surface area contributed by atoms with Crippen LogP contribution in [0.2, 0.25) is 0 Å². The van der Waals surface area contributed by atoms with Crippen LogP contribution in [0.25, 0.3) is 0 Å². The zero-order valence-electron chi connectivity index (χ0n) is 33.2. The van der Waals surface area contributed by atoms with E-state index in [1.165, 1.54) is 40.7 Å². The molecule has 6 rings (SSSR count). The maximum absolute atomic E-state index is 13.9. The predicted molar refractivity (Wildman–Crippen MR) is 208 cm³/mol. The molecule has 0 spiro atoms. The Labute approximate surface area is 424 Å². The number of sulfonamides is 1. The summed E-state index contributed by atoms with van der Waals surface area (Å²) in [6.45, 7) is 3.59. The maximum Gasteiger partial charge on any atom is 1.00 e. The van der Waals surface area contributed by atoms with Crippen LogP contribution in [0.3, 0.4) is 0 Å². The Morgan fingerprint density at radius 2 is 1.50 bits per heavy atom. The van der Waals surface area contributed by atoms with Gasteiger partial charge in [0.25, 0.3) is 11.8 Å². The molecule has 1 aliphatic heterocycles. The Kier molecular flexibility index (Phi) is 18.7. The number of carbonyl (C=O) groups is 4. The molecule has 0 bridgehead atoms. The first kappa shape index (κ1) is 48.3. The minimum Gasteiger partial charge on any atom is -0.550 e. The second-order valence-corrected chi connectivity index (χ2v) is 16.2. The topological polar surface area (TPSA) is 192 Å². The summed E-state index contributed by atoms with van der Waals surface area (Å²) in [7, 11) is -4.02. The van der Waals surface area contributed by atoms with Crippen LogP contribution in [0, 0.1) is 5.92 Å². The van der Waals surface area contributed by atoms with Gasteiger partial charge in [-0.1, -0.05) is 37.3 Å². The summed E-state index contributed by atoms with van der Waals surface area (Å²) in [6, 6.07) is 20.7. The molecule has 0 radical (unpaired) electrons. The Morgan fingerprint density at radius 1 is 0.793 bits per heavy atom. The number of nitrogens with zero attached hydrogens (tertiary/aromatic N) is 3. The van der Waals surface area contributed by atoms with E-state index in [9.17, 15) is 37.8 Å². The van der Waals surface area contributed by atoms with Crippen molar-refractivity contribution in [3.05, 3.63) is 113 Å². The number of hydrogen-bond donors (Lipinski definition) is 2. The van der Waals surface area contributed by atoms with Gasteiger partial charge in [0.15, 0.2) is 0 Å². The van der Waals surface area contributed by atoms with Crippen LogP contribution in [-0.2, 0) is 27.7 Å². The van der Waals surface area contributed by atoms with Crippen LogP contribution in [0.15, 0.2) is 90.0 Å². The molecule has 13 nitrogen and oxygen atoms in total. The Bertz CT molecular complexity index is 2170. The zero-order valence-corrected chi connectivity index (χ0v) is 40.3. The van der Waals surface area contributed by atoms with Crippen molar-refractivity contribution in [2.75, 3.05) is 35.2 Å². The first-order valence-electron chi connectivity index (χ1n) is 19.0. The van der Waals surface area contributed by atoms with Crippen LogP contribution < -0.4 is 129 Å². The van der Waals surface area contributed by atoms with E-state index >= 15 is 0 Å². The van der Waals surface area contributed by atoms with E-state index in [1.807, 2.05) is 6.07 Å². The number of aryl methyl sites for hydroxylation is 2. The predicted octanol–water partition coefficient (Wildman–Crippen LogP) is -1.95. The molecule has 2 heterocycles. The van der Waals surface area contributed by atoms with Crippen molar-refractivity contribution in [2.45, 2.75) is 75.6 Å². The first-order valence-corrected chi connectivity index (χ1v) is 20.5. The van der Waals surface area contributed by atoms with Gasteiger partial charge in [0.2, 0.25) is 10.0 Å². The van der Waals surface area contributed by atoms with Crippen molar-refractivity contribution >= 4 is 50.8 Å². The van der Waals surface area contributed by atoms with Crippen LogP contribution in [-0.4, -0.2) is 67.1 Å². The SMILES string of the molecule is CCN([C@H]1CC[C@H](C(=O)[O-])CC1)S(=O)(=O)c1cccc(C(=O)Nc2ccc(N3CCCCC3)cc2C(=O)Nc2ccc(CCc3ccc(C(=O)[O-])cc3)nc2)c1.[K+].[K+]. The van der Waals surface area contributed by atoms with Gasteiger partial charge < -0.3 is 35.3 Å². The number of piperidine rings is 1. The number of carbonyl (C=O) groups excluding carboxylic acids is 4. The molecule has 16 heteroatoms. The van der Waals surface area contributed by atoms with E-state index in [0.717, 1.165) is 49.3 Å². The van der Waals surface area contributed by atoms with Crippen LogP contribution >= 0.6 is 0 Å². The third kappa shape index (κ3) is 12.4. The van der Waals surface area contributed by atoms with Gasteiger partial charge in [0.1, 0.15) is 0 Å². The normalized spacial score (nSPS) is 16.7. The molecule has 2 amide bonds. The number of benzene rings is 3. The number of aromatic carboxylic acids is 1. The number of aromatic nitrogens is 1. The molecule has 0 unspecified atom stereocenters. The van der Waals surface area contributed by atoms with Gasteiger partial charge in [0.05, 0.1) is 34.0 Å². The van der Waals surface area contributed by atoms with E-state index < -0.39 is 39.7 Å². The molecule has 1 saturated heterocycles. The Hall–Kier alpha value is -2.33. The molecule has 1 aromatic heterocycles. The second-order valence-electron chi connectivity index (χ2n) is 14.3. The van der Waals surface area contributed by atoms with Crippen molar-refractivity contribution in [3.63, 3.8) is 0 Å². The third-order valence-corrected chi connectivity index (χ3v) is 12.6. The average Bonchev–Trinajstić information content (AvgIpc) is 3.21. The van der Waals surface area contributed by atoms with E-state index in [1.54, 1.807) is 49.5 Å². The summed E-state index contributed by atoms with van der Waals surface area (Å²) in [6.07, 6.45) is 7.44. The molecule has 1 aliphatic carbocycles. The standard InChI is InChI=1S/C42H47N5O8S.2K/c1-2-47(34-19-14-30(15-20-34)42(52)53)56(54,55)36-8-6-7-31(25-36)39(48)45-38-22-21-35(46-23-4-3-5-24-46)26-37(38)40(49)44-33-18-17-32(43-27-33)16-11-28-9-12-29(13-10-28)41(50)51;;/h6-10,12-13,17-18,21-22,25-27,30,34H,2-5,11,14-16,19-20,23-24H2,1H3,(H,44,49)(H,45,48)(H,50,51)(H,52,53);;/q;2*+1/p-2/t30-,34-;;. The number of amides is 2. The number of nitrogens with one attached hydrogen (secondary N) is 2. The van der Waals surface area contributed by atoms with Crippen molar-refractivity contribution < 1.29 is 141 Å². The van der Waals surface area contributed by atoms with Crippen molar-refractivity contribution in [2.24, 2.45) is 5.92 Å². The number of aliphatic carboxylic acids is 1. The molecule has 3 aromatic carbocycles. The Morgan fingerprint density at radius 3 is 2.12 bits per heavy atom. The third-order valence-electron chi connectivity index (χ3n) is 10.6. The van der Waals surface area contributed by atoms with Crippen LogP contribution in [0.1, 0.15) is 94.2 Å². The number of anilines is 3. The number of hydrogen-bond acceptors (Lipinski definition) is 10. The molecule has 1 saturated carbocycles. The van der Waals surface area contributed by atoms with Gasteiger partial charge in [-0.15, -0.1) is 0 Å². The fraction of sp³-hybridized carbons (Fsp3) is 0.357. The summed E-state index contributed by atoms with van der Waals surface area (Å²) in [5, 5.41) is 28.1. The fourth-order valence-electron chi connectivity index (χ4n) is 7.45. The minimum absolute atomic E-state index is 0. The summed E-state index contributed by atoms with van der Waals surface area (Å²) in [4.78, 5) is 56.6. The Balaban J connectivity index is 0.00000372. The van der Waals surface area contributed by atoms with E-state index in [-0.39, 0.29) is 143 Å². The van der Waals surface area contributed by atoms with Gasteiger partial charge in [-0.3, -0.25) is 14.6 Å². The molecule has 294 valence electrons. The number of pyridine rings is 1. The molecule has 2 N–H and O–H groups in total. The molecule has 2 fully saturated rings. The van der Waals surface area contributed by atoms with Gasteiger partial charge >= 0.3 is 103 Å². The number of carboxylic acids is 2. The summed E-state index contributed by atoms with van der Waals surface area (Å²) in [5.74, 6) is -4.00. The van der Waals surface area contributed by atoms with Gasteiger partial charge in [0, 0.05) is 48.6 Å². The molecule has 2 aliphatic rings. The molecular formula is C42H45K2N5O8S. The maximum atomic E-state index is 13.9. The van der Waals surface area contributed by atoms with Crippen molar-refractivity contribution in [1.29, 1.82) is 0 Å². The van der Waals surface area contributed by atoms with Crippen LogP contribution in [0.5, 0.6) is 0 Å². The fourth-order valence-corrected chi connectivity index (χ4v) is 9.19. The van der Waals surface area contributed by atoms with E-state index in [4.69, 9.17) is 0 Å². The largest absolute Gasteiger partial charge is 1.00 e. The first-order chi connectivity index (χ1) is 26.9. The van der Waals surface area contributed by atoms with E-state index in [0.29, 0.717) is 44.2 Å². The van der Waals surface area contributed by atoms with Crippen LogP contribution in [0.4, 0.5) is 17.1 Å². The molecule has 0 atom stereocenters.